The van der Waals surface area contributed by atoms with Gasteiger partial charge in [0.05, 0.1) is 0 Å². The van der Waals surface area contributed by atoms with Gasteiger partial charge in [-0.25, -0.2) is 0 Å². The molecule has 0 aliphatic heterocycles. The molecule has 55 valence electrons. The Morgan fingerprint density at radius 2 is 2.22 bits per heavy atom. The molecule has 1 N–H and O–H groups in total. The molecule has 0 unspecified atom stereocenters. The van der Waals surface area contributed by atoms with E-state index in [1.54, 1.807) is 6.07 Å². The van der Waals surface area contributed by atoms with Crippen molar-refractivity contribution in [2.45, 2.75) is 5.52 Å². The molecular formula is C5H7F2NRh. The molecule has 1 heterocycles. The quantitative estimate of drug-likeness (QED) is 0.694. The van der Waals surface area contributed by atoms with Gasteiger partial charge in [-0.1, -0.05) is 0 Å². The Morgan fingerprint density at radius 3 is 2.44 bits per heavy atom. The van der Waals surface area contributed by atoms with Gasteiger partial charge in [-0.3, -0.25) is 0 Å². The summed E-state index contributed by atoms with van der Waals surface area (Å²) < 4.78 is 25.0. The maximum atomic E-state index is 12.4. The predicted octanol–water partition coefficient (Wildman–Crippen LogP) is 1.61. The van der Waals surface area contributed by atoms with Crippen molar-refractivity contribution in [2.24, 2.45) is 0 Å². The van der Waals surface area contributed by atoms with Gasteiger partial charge in [0.1, 0.15) is 0 Å². The van der Waals surface area contributed by atoms with E-state index in [4.69, 9.17) is 0 Å². The number of hydrogen-bond acceptors (Lipinski definition) is 0. The minimum atomic E-state index is -4.23. The third-order valence-corrected chi connectivity index (χ3v) is 2.92. The predicted molar refractivity (Wildman–Crippen MR) is 28.5 cm³/mol. The van der Waals surface area contributed by atoms with Crippen LogP contribution in [0.1, 0.15) is 0 Å². The van der Waals surface area contributed by atoms with Crippen molar-refractivity contribution in [2.75, 3.05) is 0 Å². The van der Waals surface area contributed by atoms with Crippen LogP contribution in [-0.4, -0.2) is 4.98 Å². The minimum absolute atomic E-state index is 0.121. The van der Waals surface area contributed by atoms with E-state index in [2.05, 4.69) is 4.98 Å². The van der Waals surface area contributed by atoms with Gasteiger partial charge in [0.2, 0.25) is 0 Å². The van der Waals surface area contributed by atoms with Crippen LogP contribution in [0.15, 0.2) is 18.3 Å². The Bertz CT molecular complexity index is 177. The fraction of sp³-hybridized carbons (Fsp3) is 0.200. The zero-order chi connectivity index (χ0) is 6.91. The van der Waals surface area contributed by atoms with Crippen molar-refractivity contribution in [3.63, 3.8) is 0 Å². The van der Waals surface area contributed by atoms with E-state index in [0.717, 1.165) is 5.52 Å². The van der Waals surface area contributed by atoms with E-state index in [1.807, 2.05) is 0 Å². The number of aromatic amines is 1. The van der Waals surface area contributed by atoms with Crippen LogP contribution < -0.4 is 4.29 Å². The number of rotatable bonds is 1. The van der Waals surface area contributed by atoms with Gasteiger partial charge in [-0.15, -0.1) is 0 Å². The van der Waals surface area contributed by atoms with Gasteiger partial charge in [0.25, 0.3) is 0 Å². The fourth-order valence-corrected chi connectivity index (χ4v) is 1.67. The molecule has 1 aromatic rings. The summed E-state index contributed by atoms with van der Waals surface area (Å²) in [5.41, 5.74) is 1.02. The zero-order valence-corrected chi connectivity index (χ0v) is 6.46. The second-order valence-corrected chi connectivity index (χ2v) is 5.38. The molecule has 0 saturated heterocycles. The molecule has 1 nitrogen and oxygen atoms in total. The average Bonchev–Trinajstić information content (AvgIpc) is 2.08. The van der Waals surface area contributed by atoms with Gasteiger partial charge < -0.3 is 0 Å². The summed E-state index contributed by atoms with van der Waals surface area (Å²) in [4.78, 5) is 2.50. The van der Waals surface area contributed by atoms with Crippen LogP contribution in [0.5, 0.6) is 0 Å². The Kier molecular flexibility index (Phi) is 1.67. The van der Waals surface area contributed by atoms with Gasteiger partial charge in [0.15, 0.2) is 0 Å². The first-order chi connectivity index (χ1) is 4.11. The topological polar surface area (TPSA) is 15.8 Å². The van der Waals surface area contributed by atoms with E-state index in [9.17, 15) is 6.63 Å². The van der Waals surface area contributed by atoms with E-state index < -0.39 is 15.8 Å². The number of hydrogen-bond donors (Lipinski definition) is 1. The number of halogens is 2. The molecule has 0 atom stereocenters. The van der Waals surface area contributed by atoms with E-state index in [1.165, 1.54) is 12.3 Å². The monoisotopic (exact) mass is 222 g/mol. The fourth-order valence-electron chi connectivity index (χ4n) is 0.482. The van der Waals surface area contributed by atoms with Crippen molar-refractivity contribution in [3.05, 3.63) is 18.3 Å². The van der Waals surface area contributed by atoms with Crippen LogP contribution in [-0.2, 0) is 15.8 Å². The van der Waals surface area contributed by atoms with E-state index >= 15 is 0 Å². The van der Waals surface area contributed by atoms with Crippen molar-refractivity contribution in [1.82, 2.24) is 4.98 Å². The summed E-state index contributed by atoms with van der Waals surface area (Å²) >= 11 is -4.23. The van der Waals surface area contributed by atoms with Crippen LogP contribution in [0.2, 0.25) is 5.52 Å². The molecule has 4 heteroatoms. The van der Waals surface area contributed by atoms with Gasteiger partial charge in [-0.05, 0) is 0 Å². The summed E-state index contributed by atoms with van der Waals surface area (Å²) in [5.74, 6) is 0. The molecule has 0 aliphatic carbocycles. The molecule has 0 fully saturated rings. The molecule has 0 aromatic carbocycles. The molecule has 0 bridgehead atoms. The first-order valence-corrected chi connectivity index (χ1v) is 5.94. The third-order valence-electron chi connectivity index (χ3n) is 0.861. The molecule has 9 heavy (non-hydrogen) atoms. The summed E-state index contributed by atoms with van der Waals surface area (Å²) in [6, 6.07) is 3.02. The van der Waals surface area contributed by atoms with Crippen molar-refractivity contribution in [3.8, 4) is 0 Å². The Hall–Kier alpha value is -0.237. The average molecular weight is 222 g/mol. The third kappa shape index (κ3) is 1.58. The summed E-state index contributed by atoms with van der Waals surface area (Å²) in [6.45, 7) is 0. The van der Waals surface area contributed by atoms with Crippen LogP contribution in [0.25, 0.3) is 0 Å². The number of H-pyrrole nitrogens is 1. The standard InChI is InChI=1S/C4H4N.CH3.2FH.Rh/c1-2-4-5-3-1;;;;/h1-3,5H;1H3;2*1H;/q;;;;+2/p-2. The molecule has 1 aromatic heterocycles. The molecule has 1 rings (SSSR count). The summed E-state index contributed by atoms with van der Waals surface area (Å²) in [6.07, 6.45) is 1.52. The normalized spacial score (nSPS) is 13.7. The van der Waals surface area contributed by atoms with Crippen LogP contribution in [0.4, 0.5) is 6.63 Å². The van der Waals surface area contributed by atoms with Crippen LogP contribution >= 0.6 is 0 Å². The summed E-state index contributed by atoms with van der Waals surface area (Å²) in [7, 11) is 0. The molecular weight excluding hydrogens is 215 g/mol. The van der Waals surface area contributed by atoms with Gasteiger partial charge in [-0.2, -0.15) is 0 Å². The van der Waals surface area contributed by atoms with Crippen molar-refractivity contribution in [1.29, 1.82) is 0 Å². The molecule has 0 aliphatic rings. The van der Waals surface area contributed by atoms with Crippen LogP contribution in [0, 0.1) is 0 Å². The zero-order valence-electron chi connectivity index (χ0n) is 4.82. The second-order valence-electron chi connectivity index (χ2n) is 1.59. The maximum absolute atomic E-state index is 12.4. The molecule has 0 spiro atoms. The van der Waals surface area contributed by atoms with E-state index in [0.29, 0.717) is 0 Å². The Balaban J connectivity index is 2.90. The van der Waals surface area contributed by atoms with Crippen molar-refractivity contribution >= 4 is 4.29 Å². The van der Waals surface area contributed by atoms with Crippen molar-refractivity contribution < 1.29 is 22.4 Å². The Morgan fingerprint density at radius 1 is 1.56 bits per heavy atom. The molecule has 0 saturated carbocycles. The number of aromatic nitrogens is 1. The van der Waals surface area contributed by atoms with Crippen LogP contribution in [0.3, 0.4) is 0 Å². The second kappa shape index (κ2) is 2.18. The van der Waals surface area contributed by atoms with Gasteiger partial charge in [0, 0.05) is 0 Å². The van der Waals surface area contributed by atoms with Gasteiger partial charge >= 0.3 is 55.5 Å². The first kappa shape index (κ1) is 6.88. The molecule has 0 amide bonds. The summed E-state index contributed by atoms with van der Waals surface area (Å²) in [5, 5.41) is 0. The Labute approximate surface area is 56.1 Å². The SMILES string of the molecule is [CH3][Rh]([F])([F])[c]1ccc[nH]1. The number of nitrogens with one attached hydrogen (secondary N) is 1. The van der Waals surface area contributed by atoms with E-state index in [-0.39, 0.29) is 4.29 Å². The first-order valence-electron chi connectivity index (χ1n) is 2.25. The molecule has 0 radical (unpaired) electrons.